The lowest BCUT2D eigenvalue weighted by Gasteiger charge is -2.21. The number of H-pyrrole nitrogens is 1. The van der Waals surface area contributed by atoms with Crippen molar-refractivity contribution in [2.45, 2.75) is 26.4 Å². The van der Waals surface area contributed by atoms with Crippen LogP contribution < -0.4 is 14.8 Å². The second-order valence-electron chi connectivity index (χ2n) is 6.64. The molecule has 0 saturated heterocycles. The first-order valence-electron chi connectivity index (χ1n) is 8.93. The summed E-state index contributed by atoms with van der Waals surface area (Å²) in [4.78, 5) is 0. The van der Waals surface area contributed by atoms with Crippen LogP contribution in [0.25, 0.3) is 11.3 Å². The first-order chi connectivity index (χ1) is 12.7. The molecule has 0 amide bonds. The molecule has 0 saturated carbocycles. The molecular formula is C21H23N3O2. The number of rotatable bonds is 5. The molecular weight excluding hydrogens is 326 g/mol. The van der Waals surface area contributed by atoms with Gasteiger partial charge in [-0.2, -0.15) is 5.10 Å². The normalized spacial score (nSPS) is 14.2. The van der Waals surface area contributed by atoms with E-state index in [0.29, 0.717) is 13.2 Å². The molecule has 2 N–H and O–H groups in total. The van der Waals surface area contributed by atoms with Crippen molar-refractivity contribution in [1.82, 2.24) is 15.5 Å². The van der Waals surface area contributed by atoms with E-state index in [2.05, 4.69) is 65.8 Å². The number of benzene rings is 2. The van der Waals surface area contributed by atoms with E-state index in [9.17, 15) is 0 Å². The van der Waals surface area contributed by atoms with Gasteiger partial charge in [0.1, 0.15) is 13.2 Å². The van der Waals surface area contributed by atoms with E-state index >= 15 is 0 Å². The van der Waals surface area contributed by atoms with Gasteiger partial charge in [-0.05, 0) is 37.1 Å². The smallest absolute Gasteiger partial charge is 0.161 e. The molecule has 0 bridgehead atoms. The standard InChI is InChI=1S/C21H23N3O2/c1-14-3-5-16(6-4-14)21-18(13-23-24-21)12-22-15(2)17-7-8-19-20(11-17)26-10-9-25-19/h3-8,11,13,15,22H,9-10,12H2,1-2H3,(H,23,24). The Bertz CT molecular complexity index is 887. The number of hydrogen-bond acceptors (Lipinski definition) is 4. The topological polar surface area (TPSA) is 59.2 Å². The Morgan fingerprint density at radius 3 is 2.65 bits per heavy atom. The molecule has 5 nitrogen and oxygen atoms in total. The van der Waals surface area contributed by atoms with Crippen molar-refractivity contribution in [2.24, 2.45) is 0 Å². The van der Waals surface area contributed by atoms with Crippen LogP contribution in [-0.2, 0) is 6.54 Å². The summed E-state index contributed by atoms with van der Waals surface area (Å²) >= 11 is 0. The van der Waals surface area contributed by atoms with E-state index in [1.807, 2.05) is 12.3 Å². The van der Waals surface area contributed by atoms with Crippen LogP contribution in [0.4, 0.5) is 0 Å². The van der Waals surface area contributed by atoms with Gasteiger partial charge in [0.25, 0.3) is 0 Å². The molecule has 1 unspecified atom stereocenters. The van der Waals surface area contributed by atoms with Gasteiger partial charge in [0.15, 0.2) is 11.5 Å². The van der Waals surface area contributed by atoms with Crippen LogP contribution in [-0.4, -0.2) is 23.4 Å². The SMILES string of the molecule is Cc1ccc(-c2[nH]ncc2CNC(C)c2ccc3c(c2)OCCO3)cc1. The summed E-state index contributed by atoms with van der Waals surface area (Å²) in [5, 5.41) is 10.9. The van der Waals surface area contributed by atoms with Crippen LogP contribution in [0.1, 0.15) is 29.7 Å². The lowest BCUT2D eigenvalue weighted by atomic mass is 10.0. The molecule has 1 atom stereocenters. The van der Waals surface area contributed by atoms with Crippen molar-refractivity contribution in [1.29, 1.82) is 0 Å². The Morgan fingerprint density at radius 1 is 1.08 bits per heavy atom. The highest BCUT2D eigenvalue weighted by Gasteiger charge is 2.15. The van der Waals surface area contributed by atoms with Crippen molar-refractivity contribution in [3.05, 3.63) is 65.4 Å². The Kier molecular flexibility index (Phi) is 4.63. The first-order valence-corrected chi connectivity index (χ1v) is 8.93. The minimum atomic E-state index is 0.187. The van der Waals surface area contributed by atoms with Crippen molar-refractivity contribution >= 4 is 0 Å². The predicted molar refractivity (Wildman–Crippen MR) is 101 cm³/mol. The van der Waals surface area contributed by atoms with Gasteiger partial charge < -0.3 is 14.8 Å². The monoisotopic (exact) mass is 349 g/mol. The lowest BCUT2D eigenvalue weighted by Crippen LogP contribution is -2.19. The number of hydrogen-bond donors (Lipinski definition) is 2. The Hall–Kier alpha value is -2.79. The third-order valence-electron chi connectivity index (χ3n) is 4.72. The molecule has 26 heavy (non-hydrogen) atoms. The quantitative estimate of drug-likeness (QED) is 0.731. The van der Waals surface area contributed by atoms with Gasteiger partial charge in [0, 0.05) is 18.2 Å². The predicted octanol–water partition coefficient (Wildman–Crippen LogP) is 4.01. The number of ether oxygens (including phenoxy) is 2. The summed E-state index contributed by atoms with van der Waals surface area (Å²) in [6.45, 7) is 6.19. The molecule has 0 spiro atoms. The number of fused-ring (bicyclic) bond motifs is 1. The van der Waals surface area contributed by atoms with Gasteiger partial charge in [-0.25, -0.2) is 0 Å². The molecule has 2 heterocycles. The molecule has 3 aromatic rings. The zero-order valence-electron chi connectivity index (χ0n) is 15.1. The summed E-state index contributed by atoms with van der Waals surface area (Å²) in [5.74, 6) is 1.65. The van der Waals surface area contributed by atoms with Gasteiger partial charge in [0.2, 0.25) is 0 Å². The summed E-state index contributed by atoms with van der Waals surface area (Å²) in [7, 11) is 0. The molecule has 5 heteroatoms. The average molecular weight is 349 g/mol. The Morgan fingerprint density at radius 2 is 1.85 bits per heavy atom. The maximum atomic E-state index is 5.68. The number of aromatic amines is 1. The summed E-state index contributed by atoms with van der Waals surface area (Å²) < 4.78 is 11.3. The number of nitrogens with zero attached hydrogens (tertiary/aromatic N) is 1. The third kappa shape index (κ3) is 3.44. The summed E-state index contributed by atoms with van der Waals surface area (Å²) in [5.41, 5.74) is 5.79. The molecule has 2 aromatic carbocycles. The lowest BCUT2D eigenvalue weighted by molar-refractivity contribution is 0.171. The first kappa shape index (κ1) is 16.7. The molecule has 1 aromatic heterocycles. The number of aryl methyl sites for hydroxylation is 1. The third-order valence-corrected chi connectivity index (χ3v) is 4.72. The summed E-state index contributed by atoms with van der Waals surface area (Å²) in [6, 6.07) is 14.8. The second-order valence-corrected chi connectivity index (χ2v) is 6.64. The van der Waals surface area contributed by atoms with E-state index < -0.39 is 0 Å². The van der Waals surface area contributed by atoms with Gasteiger partial charge in [-0.1, -0.05) is 35.9 Å². The molecule has 1 aliphatic heterocycles. The minimum Gasteiger partial charge on any atom is -0.486 e. The maximum Gasteiger partial charge on any atom is 0.161 e. The molecule has 134 valence electrons. The average Bonchev–Trinajstić information content (AvgIpc) is 3.15. The van der Waals surface area contributed by atoms with Gasteiger partial charge in [-0.15, -0.1) is 0 Å². The molecule has 1 aliphatic rings. The number of nitrogens with one attached hydrogen (secondary N) is 2. The zero-order chi connectivity index (χ0) is 17.9. The highest BCUT2D eigenvalue weighted by atomic mass is 16.6. The fourth-order valence-corrected chi connectivity index (χ4v) is 3.13. The summed E-state index contributed by atoms with van der Waals surface area (Å²) in [6.07, 6.45) is 1.89. The molecule has 0 radical (unpaired) electrons. The van der Waals surface area contributed by atoms with Crippen molar-refractivity contribution in [3.8, 4) is 22.8 Å². The van der Waals surface area contributed by atoms with Crippen LogP contribution in [0, 0.1) is 6.92 Å². The van der Waals surface area contributed by atoms with Crippen molar-refractivity contribution < 1.29 is 9.47 Å². The van der Waals surface area contributed by atoms with Crippen LogP contribution in [0.2, 0.25) is 0 Å². The van der Waals surface area contributed by atoms with Gasteiger partial charge in [0.05, 0.1) is 11.9 Å². The fraction of sp³-hybridized carbons (Fsp3) is 0.286. The number of aromatic nitrogens is 2. The molecule has 0 aliphatic carbocycles. The molecule has 4 rings (SSSR count). The highest BCUT2D eigenvalue weighted by molar-refractivity contribution is 5.62. The van der Waals surface area contributed by atoms with Crippen LogP contribution in [0.5, 0.6) is 11.5 Å². The zero-order valence-corrected chi connectivity index (χ0v) is 15.1. The minimum absolute atomic E-state index is 0.187. The van der Waals surface area contributed by atoms with Crippen molar-refractivity contribution in [3.63, 3.8) is 0 Å². The van der Waals surface area contributed by atoms with E-state index in [0.717, 1.165) is 34.9 Å². The van der Waals surface area contributed by atoms with E-state index in [-0.39, 0.29) is 6.04 Å². The van der Waals surface area contributed by atoms with E-state index in [1.165, 1.54) is 11.1 Å². The van der Waals surface area contributed by atoms with E-state index in [4.69, 9.17) is 9.47 Å². The largest absolute Gasteiger partial charge is 0.486 e. The van der Waals surface area contributed by atoms with Gasteiger partial charge in [-0.3, -0.25) is 5.10 Å². The fourth-order valence-electron chi connectivity index (χ4n) is 3.13. The van der Waals surface area contributed by atoms with Crippen molar-refractivity contribution in [2.75, 3.05) is 13.2 Å². The Labute approximate surface area is 153 Å². The van der Waals surface area contributed by atoms with Crippen LogP contribution in [0.3, 0.4) is 0 Å². The second kappa shape index (κ2) is 7.22. The van der Waals surface area contributed by atoms with Crippen LogP contribution in [0.15, 0.2) is 48.7 Å². The highest BCUT2D eigenvalue weighted by Crippen LogP contribution is 2.32. The molecule has 0 fully saturated rings. The van der Waals surface area contributed by atoms with E-state index in [1.54, 1.807) is 0 Å². The van der Waals surface area contributed by atoms with Gasteiger partial charge >= 0.3 is 0 Å². The van der Waals surface area contributed by atoms with Crippen LogP contribution >= 0.6 is 0 Å². The maximum absolute atomic E-state index is 5.68. The Balaban J connectivity index is 1.46.